The molecule has 0 radical (unpaired) electrons. The molecule has 1 heterocycles. The van der Waals surface area contributed by atoms with E-state index in [1.165, 1.54) is 40.7 Å². The summed E-state index contributed by atoms with van der Waals surface area (Å²) in [6.45, 7) is 1.02. The molecule has 1 fully saturated rings. The van der Waals surface area contributed by atoms with Gasteiger partial charge in [-0.25, -0.2) is 12.8 Å². The molecule has 0 aromatic heterocycles. The minimum atomic E-state index is -3.57. The molecular weight excluding hydrogens is 331 g/mol. The first-order valence-corrected chi connectivity index (χ1v) is 9.08. The summed E-state index contributed by atoms with van der Waals surface area (Å²) >= 11 is 0. The lowest BCUT2D eigenvalue weighted by Crippen LogP contribution is -2.28. The zero-order valence-corrected chi connectivity index (χ0v) is 13.7. The van der Waals surface area contributed by atoms with E-state index < -0.39 is 21.7 Å². The van der Waals surface area contributed by atoms with Crippen LogP contribution in [0.2, 0.25) is 0 Å². The molecule has 3 rings (SSSR count). The predicted molar refractivity (Wildman–Crippen MR) is 88.8 cm³/mol. The monoisotopic (exact) mass is 348 g/mol. The second-order valence-corrected chi connectivity index (χ2v) is 7.54. The standard InChI is InChI=1S/C17H17FN2O3S/c18-14-6-8-15(9-7-14)19-17(21)13-4-3-5-16(12-13)24(22,23)20-10-1-2-11-20/h3-9,12H,1-2,10-11H2,(H,19,21). The van der Waals surface area contributed by atoms with E-state index in [1.54, 1.807) is 12.1 Å². The molecule has 1 aliphatic heterocycles. The average Bonchev–Trinajstić information content (AvgIpc) is 3.12. The van der Waals surface area contributed by atoms with Crippen molar-refractivity contribution in [1.82, 2.24) is 4.31 Å². The summed E-state index contributed by atoms with van der Waals surface area (Å²) in [7, 11) is -3.57. The molecule has 1 saturated heterocycles. The predicted octanol–water partition coefficient (Wildman–Crippen LogP) is 2.86. The topological polar surface area (TPSA) is 66.5 Å². The van der Waals surface area contributed by atoms with Crippen molar-refractivity contribution in [1.29, 1.82) is 0 Å². The maximum atomic E-state index is 12.9. The minimum absolute atomic E-state index is 0.108. The highest BCUT2D eigenvalue weighted by Crippen LogP contribution is 2.22. The summed E-state index contributed by atoms with van der Waals surface area (Å²) in [5.41, 5.74) is 0.675. The fraction of sp³-hybridized carbons (Fsp3) is 0.235. The van der Waals surface area contributed by atoms with E-state index in [0.29, 0.717) is 18.8 Å². The Hall–Kier alpha value is -2.25. The van der Waals surface area contributed by atoms with E-state index in [2.05, 4.69) is 5.32 Å². The summed E-state index contributed by atoms with van der Waals surface area (Å²) in [5.74, 6) is -0.841. The van der Waals surface area contributed by atoms with Gasteiger partial charge in [0.15, 0.2) is 0 Å². The Morgan fingerprint density at radius 3 is 2.38 bits per heavy atom. The number of carbonyl (C=O) groups is 1. The van der Waals surface area contributed by atoms with Gasteiger partial charge in [-0.2, -0.15) is 4.31 Å². The molecule has 0 atom stereocenters. The van der Waals surface area contributed by atoms with Gasteiger partial charge in [0.2, 0.25) is 10.0 Å². The number of anilines is 1. The summed E-state index contributed by atoms with van der Waals surface area (Å²) in [4.78, 5) is 12.4. The number of halogens is 1. The van der Waals surface area contributed by atoms with Crippen molar-refractivity contribution in [3.05, 3.63) is 59.9 Å². The zero-order chi connectivity index (χ0) is 17.2. The molecule has 0 unspecified atom stereocenters. The molecule has 1 N–H and O–H groups in total. The maximum Gasteiger partial charge on any atom is 0.255 e. The first kappa shape index (κ1) is 16.6. The number of carbonyl (C=O) groups excluding carboxylic acids is 1. The van der Waals surface area contributed by atoms with Crippen LogP contribution in [0, 0.1) is 5.82 Å². The molecule has 0 aliphatic carbocycles. The van der Waals surface area contributed by atoms with Crippen molar-refractivity contribution in [3.63, 3.8) is 0 Å². The molecule has 0 bridgehead atoms. The first-order chi connectivity index (χ1) is 11.5. The van der Waals surface area contributed by atoms with Gasteiger partial charge < -0.3 is 5.32 Å². The normalized spacial score (nSPS) is 15.4. The van der Waals surface area contributed by atoms with Gasteiger partial charge in [0.05, 0.1) is 4.90 Å². The van der Waals surface area contributed by atoms with Crippen molar-refractivity contribution in [2.24, 2.45) is 0 Å². The lowest BCUT2D eigenvalue weighted by molar-refractivity contribution is 0.102. The SMILES string of the molecule is O=C(Nc1ccc(F)cc1)c1cccc(S(=O)(=O)N2CCCC2)c1. The van der Waals surface area contributed by atoms with Crippen LogP contribution in [0.3, 0.4) is 0 Å². The Bertz CT molecular complexity index is 844. The molecule has 24 heavy (non-hydrogen) atoms. The summed E-state index contributed by atoms with van der Waals surface area (Å²) < 4.78 is 39.4. The fourth-order valence-electron chi connectivity index (χ4n) is 2.61. The number of sulfonamides is 1. The van der Waals surface area contributed by atoms with Gasteiger partial charge in [-0.1, -0.05) is 6.07 Å². The second kappa shape index (κ2) is 6.70. The zero-order valence-electron chi connectivity index (χ0n) is 12.9. The quantitative estimate of drug-likeness (QED) is 0.924. The van der Waals surface area contributed by atoms with Crippen LogP contribution in [-0.4, -0.2) is 31.7 Å². The van der Waals surface area contributed by atoms with Crippen LogP contribution >= 0.6 is 0 Å². The van der Waals surface area contributed by atoms with Crippen LogP contribution in [0.25, 0.3) is 0 Å². The number of nitrogens with zero attached hydrogens (tertiary/aromatic N) is 1. The third-order valence-corrected chi connectivity index (χ3v) is 5.80. The molecule has 1 amide bonds. The molecule has 2 aromatic rings. The number of benzene rings is 2. The third-order valence-electron chi connectivity index (χ3n) is 3.90. The highest BCUT2D eigenvalue weighted by molar-refractivity contribution is 7.89. The van der Waals surface area contributed by atoms with E-state index in [1.807, 2.05) is 0 Å². The van der Waals surface area contributed by atoms with Gasteiger partial charge in [-0.3, -0.25) is 4.79 Å². The third kappa shape index (κ3) is 3.47. The van der Waals surface area contributed by atoms with E-state index in [0.717, 1.165) is 12.8 Å². The van der Waals surface area contributed by atoms with Crippen molar-refractivity contribution in [3.8, 4) is 0 Å². The Balaban J connectivity index is 1.82. The van der Waals surface area contributed by atoms with Crippen LogP contribution in [0.5, 0.6) is 0 Å². The van der Waals surface area contributed by atoms with Crippen LogP contribution in [0.4, 0.5) is 10.1 Å². The molecule has 0 saturated carbocycles. The Labute approximate surface area is 140 Å². The largest absolute Gasteiger partial charge is 0.322 e. The number of nitrogens with one attached hydrogen (secondary N) is 1. The first-order valence-electron chi connectivity index (χ1n) is 7.64. The summed E-state index contributed by atoms with van der Waals surface area (Å²) in [5, 5.41) is 2.62. The molecule has 5 nitrogen and oxygen atoms in total. The number of hydrogen-bond acceptors (Lipinski definition) is 3. The van der Waals surface area contributed by atoms with Crippen LogP contribution < -0.4 is 5.32 Å². The maximum absolute atomic E-state index is 12.9. The molecule has 0 spiro atoms. The van der Waals surface area contributed by atoms with Crippen LogP contribution in [0.1, 0.15) is 23.2 Å². The lowest BCUT2D eigenvalue weighted by Gasteiger charge is -2.16. The van der Waals surface area contributed by atoms with Crippen molar-refractivity contribution >= 4 is 21.6 Å². The molecule has 7 heteroatoms. The van der Waals surface area contributed by atoms with Crippen LogP contribution in [0.15, 0.2) is 53.4 Å². The van der Waals surface area contributed by atoms with E-state index >= 15 is 0 Å². The van der Waals surface area contributed by atoms with Crippen molar-refractivity contribution < 1.29 is 17.6 Å². The number of amides is 1. The van der Waals surface area contributed by atoms with Gasteiger partial charge in [-0.05, 0) is 55.3 Å². The number of rotatable bonds is 4. The Kier molecular flexibility index (Phi) is 4.64. The second-order valence-electron chi connectivity index (χ2n) is 5.60. The average molecular weight is 348 g/mol. The van der Waals surface area contributed by atoms with Crippen molar-refractivity contribution in [2.75, 3.05) is 18.4 Å². The fourth-order valence-corrected chi connectivity index (χ4v) is 4.18. The molecule has 2 aromatic carbocycles. The number of hydrogen-bond donors (Lipinski definition) is 1. The van der Waals surface area contributed by atoms with E-state index in [4.69, 9.17) is 0 Å². The van der Waals surface area contributed by atoms with Gasteiger partial charge in [-0.15, -0.1) is 0 Å². The summed E-state index contributed by atoms with van der Waals surface area (Å²) in [6, 6.07) is 11.3. The van der Waals surface area contributed by atoms with Gasteiger partial charge in [0.25, 0.3) is 5.91 Å². The smallest absolute Gasteiger partial charge is 0.255 e. The van der Waals surface area contributed by atoms with E-state index in [-0.39, 0.29) is 10.5 Å². The molecule has 126 valence electrons. The van der Waals surface area contributed by atoms with Crippen molar-refractivity contribution in [2.45, 2.75) is 17.7 Å². The highest BCUT2D eigenvalue weighted by atomic mass is 32.2. The lowest BCUT2D eigenvalue weighted by atomic mass is 10.2. The van der Waals surface area contributed by atoms with Gasteiger partial charge >= 0.3 is 0 Å². The Morgan fingerprint density at radius 1 is 1.04 bits per heavy atom. The molecular formula is C17H17FN2O3S. The van der Waals surface area contributed by atoms with Gasteiger partial charge in [0, 0.05) is 24.3 Å². The summed E-state index contributed by atoms with van der Waals surface area (Å²) in [6.07, 6.45) is 1.70. The minimum Gasteiger partial charge on any atom is -0.322 e. The Morgan fingerprint density at radius 2 is 1.71 bits per heavy atom. The van der Waals surface area contributed by atoms with Crippen LogP contribution in [-0.2, 0) is 10.0 Å². The van der Waals surface area contributed by atoms with Gasteiger partial charge in [0.1, 0.15) is 5.82 Å². The molecule has 1 aliphatic rings. The highest BCUT2D eigenvalue weighted by Gasteiger charge is 2.27. The van der Waals surface area contributed by atoms with E-state index in [9.17, 15) is 17.6 Å².